The van der Waals surface area contributed by atoms with Gasteiger partial charge in [-0.1, -0.05) is 12.1 Å². The molecule has 2 amide bonds. The highest BCUT2D eigenvalue weighted by Crippen LogP contribution is 2.30. The molecule has 106 valence electrons. The zero-order chi connectivity index (χ0) is 14.9. The average molecular weight is 276 g/mol. The third-order valence-corrected chi connectivity index (χ3v) is 3.46. The number of methoxy groups -OCH3 is 1. The summed E-state index contributed by atoms with van der Waals surface area (Å²) >= 11 is 0. The van der Waals surface area contributed by atoms with E-state index in [1.54, 1.807) is 25.1 Å². The van der Waals surface area contributed by atoms with Gasteiger partial charge in [0.2, 0.25) is 11.8 Å². The van der Waals surface area contributed by atoms with Gasteiger partial charge < -0.3 is 15.4 Å². The Balaban J connectivity index is 2.43. The topological polar surface area (TPSA) is 89.7 Å². The first-order chi connectivity index (χ1) is 9.45. The van der Waals surface area contributed by atoms with Gasteiger partial charge in [-0.3, -0.25) is 9.59 Å². The van der Waals surface area contributed by atoms with E-state index < -0.39 is 17.8 Å². The summed E-state index contributed by atoms with van der Waals surface area (Å²) < 4.78 is 4.76. The lowest BCUT2D eigenvalue weighted by Gasteiger charge is -2.20. The maximum Gasteiger partial charge on any atom is 0.340 e. The molecule has 1 aliphatic rings. The second-order valence-electron chi connectivity index (χ2n) is 4.77. The summed E-state index contributed by atoms with van der Waals surface area (Å²) in [5, 5.41) is 0. The molecule has 1 fully saturated rings. The first kappa shape index (κ1) is 14.0. The number of benzene rings is 1. The molecule has 1 saturated heterocycles. The Hall–Kier alpha value is -2.37. The van der Waals surface area contributed by atoms with Crippen molar-refractivity contribution >= 4 is 23.5 Å². The zero-order valence-corrected chi connectivity index (χ0v) is 11.4. The van der Waals surface area contributed by atoms with E-state index in [9.17, 15) is 14.4 Å². The number of nitrogens with two attached hydrogens (primary N) is 1. The van der Waals surface area contributed by atoms with Gasteiger partial charge in [0.05, 0.1) is 24.3 Å². The van der Waals surface area contributed by atoms with Crippen LogP contribution >= 0.6 is 0 Å². The van der Waals surface area contributed by atoms with Gasteiger partial charge >= 0.3 is 5.97 Å². The van der Waals surface area contributed by atoms with E-state index in [2.05, 4.69) is 0 Å². The lowest BCUT2D eigenvalue weighted by atomic mass is 10.1. The van der Waals surface area contributed by atoms with Crippen molar-refractivity contribution in [1.82, 2.24) is 0 Å². The molecule has 6 nitrogen and oxygen atoms in total. The number of amides is 2. The Morgan fingerprint density at radius 3 is 2.65 bits per heavy atom. The summed E-state index contributed by atoms with van der Waals surface area (Å²) in [6.07, 6.45) is 0.0733. The van der Waals surface area contributed by atoms with Crippen LogP contribution in [0.3, 0.4) is 0 Å². The van der Waals surface area contributed by atoms with E-state index in [1.165, 1.54) is 12.0 Å². The highest BCUT2D eigenvalue weighted by atomic mass is 16.5. The average Bonchev–Trinajstić information content (AvgIpc) is 2.80. The summed E-state index contributed by atoms with van der Waals surface area (Å²) in [6.45, 7) is 1.96. The highest BCUT2D eigenvalue weighted by Gasteiger charge is 2.35. The van der Waals surface area contributed by atoms with Crippen molar-refractivity contribution in [1.29, 1.82) is 0 Å². The SMILES string of the molecule is COC(=O)c1c(C)cccc1N1CC(C(N)=O)CC1=O. The molecule has 0 radical (unpaired) electrons. The minimum atomic E-state index is -0.520. The molecule has 1 aromatic rings. The van der Waals surface area contributed by atoms with Crippen LogP contribution in [0.4, 0.5) is 5.69 Å². The predicted molar refractivity (Wildman–Crippen MR) is 72.2 cm³/mol. The van der Waals surface area contributed by atoms with Crippen LogP contribution < -0.4 is 10.6 Å². The van der Waals surface area contributed by atoms with Crippen LogP contribution in [0.2, 0.25) is 0 Å². The standard InChI is InChI=1S/C14H16N2O4/c1-8-4-3-5-10(12(8)14(19)20-2)16-7-9(13(15)18)6-11(16)17/h3-5,9H,6-7H2,1-2H3,(H2,15,18). The Morgan fingerprint density at radius 1 is 1.40 bits per heavy atom. The molecule has 0 spiro atoms. The number of ether oxygens (including phenoxy) is 1. The number of carbonyl (C=O) groups excluding carboxylic acids is 3. The molecule has 0 aromatic heterocycles. The second kappa shape index (κ2) is 5.32. The molecule has 1 heterocycles. The Kier molecular flexibility index (Phi) is 3.74. The van der Waals surface area contributed by atoms with Crippen LogP contribution in [-0.4, -0.2) is 31.4 Å². The third-order valence-electron chi connectivity index (χ3n) is 3.46. The van der Waals surface area contributed by atoms with Crippen LogP contribution in [0, 0.1) is 12.8 Å². The van der Waals surface area contributed by atoms with Gasteiger partial charge in [-0.25, -0.2) is 4.79 Å². The number of nitrogens with zero attached hydrogens (tertiary/aromatic N) is 1. The molecule has 0 aliphatic carbocycles. The van der Waals surface area contributed by atoms with Gasteiger partial charge in [-0.15, -0.1) is 0 Å². The van der Waals surface area contributed by atoms with E-state index in [0.717, 1.165) is 0 Å². The lowest BCUT2D eigenvalue weighted by molar-refractivity contribution is -0.123. The summed E-state index contributed by atoms with van der Waals surface area (Å²) in [7, 11) is 1.29. The quantitative estimate of drug-likeness (QED) is 0.819. The van der Waals surface area contributed by atoms with Crippen molar-refractivity contribution in [3.8, 4) is 0 Å². The van der Waals surface area contributed by atoms with Crippen LogP contribution in [0.15, 0.2) is 18.2 Å². The van der Waals surface area contributed by atoms with Crippen molar-refractivity contribution in [3.63, 3.8) is 0 Å². The zero-order valence-electron chi connectivity index (χ0n) is 11.4. The van der Waals surface area contributed by atoms with E-state index in [1.807, 2.05) is 0 Å². The minimum absolute atomic E-state index is 0.0733. The van der Waals surface area contributed by atoms with Gasteiger partial charge in [0.25, 0.3) is 0 Å². The van der Waals surface area contributed by atoms with Crippen molar-refractivity contribution in [2.75, 3.05) is 18.6 Å². The summed E-state index contributed by atoms with van der Waals surface area (Å²) in [4.78, 5) is 36.6. The molecule has 6 heteroatoms. The van der Waals surface area contributed by atoms with Crippen molar-refractivity contribution in [2.45, 2.75) is 13.3 Å². The fraction of sp³-hybridized carbons (Fsp3) is 0.357. The predicted octanol–water partition coefficient (Wildman–Crippen LogP) is 0.620. The Labute approximate surface area is 116 Å². The smallest absolute Gasteiger partial charge is 0.340 e. The lowest BCUT2D eigenvalue weighted by Crippen LogP contribution is -2.29. The van der Waals surface area contributed by atoms with Crippen LogP contribution in [0.5, 0.6) is 0 Å². The number of carbonyl (C=O) groups is 3. The Morgan fingerprint density at radius 2 is 2.10 bits per heavy atom. The molecular weight excluding hydrogens is 260 g/mol. The molecule has 0 saturated carbocycles. The van der Waals surface area contributed by atoms with E-state index >= 15 is 0 Å². The molecule has 0 bridgehead atoms. The summed E-state index contributed by atoms with van der Waals surface area (Å²) in [5.41, 5.74) is 6.76. The molecule has 1 aliphatic heterocycles. The maximum atomic E-state index is 12.0. The minimum Gasteiger partial charge on any atom is -0.465 e. The molecule has 1 unspecified atom stereocenters. The molecule has 1 aromatic carbocycles. The number of esters is 1. The number of primary amides is 1. The van der Waals surface area contributed by atoms with Gasteiger partial charge in [0.1, 0.15) is 0 Å². The van der Waals surface area contributed by atoms with Gasteiger partial charge in [0.15, 0.2) is 0 Å². The van der Waals surface area contributed by atoms with Gasteiger partial charge in [0, 0.05) is 13.0 Å². The summed E-state index contributed by atoms with van der Waals surface area (Å²) in [5.74, 6) is -1.75. The van der Waals surface area contributed by atoms with Gasteiger partial charge in [-0.05, 0) is 18.6 Å². The number of hydrogen-bond acceptors (Lipinski definition) is 4. The van der Waals surface area contributed by atoms with Crippen LogP contribution in [0.25, 0.3) is 0 Å². The van der Waals surface area contributed by atoms with E-state index in [0.29, 0.717) is 16.8 Å². The van der Waals surface area contributed by atoms with Crippen molar-refractivity contribution in [2.24, 2.45) is 11.7 Å². The first-order valence-corrected chi connectivity index (χ1v) is 6.23. The maximum absolute atomic E-state index is 12.0. The molecule has 20 heavy (non-hydrogen) atoms. The van der Waals surface area contributed by atoms with Crippen molar-refractivity contribution < 1.29 is 19.1 Å². The number of rotatable bonds is 3. The monoisotopic (exact) mass is 276 g/mol. The third kappa shape index (κ3) is 2.36. The molecule has 1 atom stereocenters. The molecule has 2 N–H and O–H groups in total. The fourth-order valence-corrected chi connectivity index (χ4v) is 2.38. The molecular formula is C14H16N2O4. The normalized spacial score (nSPS) is 18.2. The first-order valence-electron chi connectivity index (χ1n) is 6.23. The largest absolute Gasteiger partial charge is 0.465 e. The number of hydrogen-bond donors (Lipinski definition) is 1. The Bertz CT molecular complexity index is 583. The van der Waals surface area contributed by atoms with Gasteiger partial charge in [-0.2, -0.15) is 0 Å². The van der Waals surface area contributed by atoms with E-state index in [4.69, 9.17) is 10.5 Å². The van der Waals surface area contributed by atoms with Crippen LogP contribution in [0.1, 0.15) is 22.3 Å². The fourth-order valence-electron chi connectivity index (χ4n) is 2.38. The number of anilines is 1. The highest BCUT2D eigenvalue weighted by molar-refractivity contribution is 6.06. The van der Waals surface area contributed by atoms with E-state index in [-0.39, 0.29) is 18.9 Å². The summed E-state index contributed by atoms with van der Waals surface area (Å²) in [6, 6.07) is 5.18. The number of aryl methyl sites for hydroxylation is 1. The second-order valence-corrected chi connectivity index (χ2v) is 4.77. The molecule has 2 rings (SSSR count). The van der Waals surface area contributed by atoms with Crippen LogP contribution in [-0.2, 0) is 14.3 Å². The van der Waals surface area contributed by atoms with Crippen molar-refractivity contribution in [3.05, 3.63) is 29.3 Å².